The minimum absolute atomic E-state index is 0.119. The van der Waals surface area contributed by atoms with Gasteiger partial charge in [-0.3, -0.25) is 4.79 Å². The quantitative estimate of drug-likeness (QED) is 0.413. The fourth-order valence-corrected chi connectivity index (χ4v) is 5.31. The number of ether oxygens (including phenoxy) is 1. The number of carbonyl (C=O) groups excluding carboxylic acids is 1. The molecule has 3 aromatic carbocycles. The molecule has 1 fully saturated rings. The van der Waals surface area contributed by atoms with Gasteiger partial charge in [0.2, 0.25) is 10.0 Å². The first kappa shape index (κ1) is 22.6. The molecule has 3 aromatic rings. The number of rotatable bonds is 5. The van der Waals surface area contributed by atoms with Gasteiger partial charge in [0.15, 0.2) is 0 Å². The Balaban J connectivity index is 1.35. The van der Waals surface area contributed by atoms with Gasteiger partial charge in [0.1, 0.15) is 16.5 Å². The molecule has 0 unspecified atom stereocenters. The van der Waals surface area contributed by atoms with Crippen LogP contribution in [0.5, 0.6) is 5.75 Å². The topological polar surface area (TPSA) is 87.5 Å². The molecule has 0 aromatic heterocycles. The Bertz CT molecular complexity index is 1290. The third-order valence-corrected chi connectivity index (χ3v) is 7.59. The molecule has 6 nitrogen and oxygen atoms in total. The lowest BCUT2D eigenvalue weighted by Crippen LogP contribution is -2.41. The van der Waals surface area contributed by atoms with Gasteiger partial charge in [-0.25, -0.2) is 12.8 Å². The van der Waals surface area contributed by atoms with E-state index in [2.05, 4.69) is 6.07 Å². The summed E-state index contributed by atoms with van der Waals surface area (Å²) in [5, 5.41) is 8.90. The van der Waals surface area contributed by atoms with Crippen molar-refractivity contribution in [3.63, 3.8) is 0 Å². The molecular formula is C25H21FN2O4S. The predicted octanol–water partition coefficient (Wildman–Crippen LogP) is 4.37. The molecule has 1 heterocycles. The number of esters is 1. The van der Waals surface area contributed by atoms with Crippen LogP contribution in [0.15, 0.2) is 77.7 Å². The largest absolute Gasteiger partial charge is 0.426 e. The van der Waals surface area contributed by atoms with Crippen molar-refractivity contribution in [2.45, 2.75) is 17.7 Å². The van der Waals surface area contributed by atoms with Crippen LogP contribution in [0, 0.1) is 23.1 Å². The summed E-state index contributed by atoms with van der Waals surface area (Å²) in [6.45, 7) is 0.238. The molecule has 4 rings (SSSR count). The number of benzene rings is 3. The summed E-state index contributed by atoms with van der Waals surface area (Å²) in [5.41, 5.74) is 2.44. The van der Waals surface area contributed by atoms with Crippen LogP contribution < -0.4 is 4.74 Å². The summed E-state index contributed by atoms with van der Waals surface area (Å²) in [4.78, 5) is 12.2. The van der Waals surface area contributed by atoms with Crippen LogP contribution in [0.2, 0.25) is 0 Å². The van der Waals surface area contributed by atoms with Gasteiger partial charge in [-0.1, -0.05) is 36.4 Å². The molecular weight excluding hydrogens is 443 g/mol. The molecule has 33 heavy (non-hydrogen) atoms. The number of sulfonamides is 1. The van der Waals surface area contributed by atoms with Crippen molar-refractivity contribution in [2.24, 2.45) is 5.92 Å². The van der Waals surface area contributed by atoms with Crippen LogP contribution in [0.4, 0.5) is 4.39 Å². The minimum atomic E-state index is -3.95. The highest BCUT2D eigenvalue weighted by atomic mass is 32.2. The first-order chi connectivity index (χ1) is 15.9. The van der Waals surface area contributed by atoms with Gasteiger partial charge in [-0.2, -0.15) is 9.57 Å². The number of carbonyl (C=O) groups is 1. The summed E-state index contributed by atoms with van der Waals surface area (Å²) >= 11 is 0. The maximum Gasteiger partial charge on any atom is 0.314 e. The minimum Gasteiger partial charge on any atom is -0.426 e. The Morgan fingerprint density at radius 3 is 2.09 bits per heavy atom. The van der Waals surface area contributed by atoms with E-state index < -0.39 is 27.7 Å². The van der Waals surface area contributed by atoms with Crippen molar-refractivity contribution >= 4 is 16.0 Å². The Hall–Kier alpha value is -3.54. The van der Waals surface area contributed by atoms with Crippen molar-refractivity contribution in [3.05, 3.63) is 84.2 Å². The highest BCUT2D eigenvalue weighted by molar-refractivity contribution is 7.89. The number of nitrogens with zero attached hydrogens (tertiary/aromatic N) is 2. The van der Waals surface area contributed by atoms with Crippen molar-refractivity contribution < 1.29 is 22.3 Å². The molecule has 168 valence electrons. The standard InChI is InChI=1S/C25H21FN2O4S/c26-23-3-1-2-4-24(23)33(30,31)28-15-13-21(14-16-28)25(29)32-22-11-9-20(10-12-22)19-7-5-18(17-27)6-8-19/h1-12,21H,13-16H2. The number of hydrogen-bond donors (Lipinski definition) is 0. The van der Waals surface area contributed by atoms with Crippen LogP contribution >= 0.6 is 0 Å². The molecule has 0 N–H and O–H groups in total. The van der Waals surface area contributed by atoms with E-state index in [-0.39, 0.29) is 18.0 Å². The first-order valence-corrected chi connectivity index (χ1v) is 11.9. The van der Waals surface area contributed by atoms with Gasteiger partial charge in [0.05, 0.1) is 17.6 Å². The molecule has 0 spiro atoms. The summed E-state index contributed by atoms with van der Waals surface area (Å²) in [5.74, 6) is -1.23. The third kappa shape index (κ3) is 4.95. The van der Waals surface area contributed by atoms with Crippen LogP contribution in [-0.4, -0.2) is 31.8 Å². The zero-order chi connectivity index (χ0) is 23.4. The van der Waals surface area contributed by atoms with E-state index in [1.54, 1.807) is 24.3 Å². The van der Waals surface area contributed by atoms with Gasteiger partial charge in [0, 0.05) is 13.1 Å². The molecule has 1 saturated heterocycles. The van der Waals surface area contributed by atoms with Crippen molar-refractivity contribution in [1.82, 2.24) is 4.31 Å². The number of hydrogen-bond acceptors (Lipinski definition) is 5. The molecule has 0 amide bonds. The van der Waals surface area contributed by atoms with E-state index >= 15 is 0 Å². The average molecular weight is 465 g/mol. The molecule has 1 aliphatic heterocycles. The number of piperidine rings is 1. The lowest BCUT2D eigenvalue weighted by atomic mass is 9.98. The maximum absolute atomic E-state index is 14.0. The molecule has 1 aliphatic rings. The van der Waals surface area contributed by atoms with Crippen LogP contribution in [0.25, 0.3) is 11.1 Å². The van der Waals surface area contributed by atoms with Gasteiger partial charge in [0.25, 0.3) is 0 Å². The van der Waals surface area contributed by atoms with Crippen molar-refractivity contribution in [1.29, 1.82) is 5.26 Å². The molecule has 0 bridgehead atoms. The highest BCUT2D eigenvalue weighted by Gasteiger charge is 2.34. The fraction of sp³-hybridized carbons (Fsp3) is 0.200. The lowest BCUT2D eigenvalue weighted by molar-refractivity contribution is -0.140. The lowest BCUT2D eigenvalue weighted by Gasteiger charge is -2.30. The summed E-state index contributed by atoms with van der Waals surface area (Å²) < 4.78 is 46.1. The SMILES string of the molecule is N#Cc1ccc(-c2ccc(OC(=O)C3CCN(S(=O)(=O)c4ccccc4F)CC3)cc2)cc1. The Morgan fingerprint density at radius 1 is 0.939 bits per heavy atom. The molecule has 0 atom stereocenters. The van der Waals surface area contributed by atoms with Gasteiger partial charge in [-0.15, -0.1) is 0 Å². The second kappa shape index (κ2) is 9.53. The number of halogens is 1. The molecule has 0 radical (unpaired) electrons. The van der Waals surface area contributed by atoms with Gasteiger partial charge >= 0.3 is 5.97 Å². The Morgan fingerprint density at radius 2 is 1.52 bits per heavy atom. The van der Waals surface area contributed by atoms with E-state index in [0.29, 0.717) is 24.2 Å². The van der Waals surface area contributed by atoms with Crippen molar-refractivity contribution in [2.75, 3.05) is 13.1 Å². The Kier molecular flexibility index (Phi) is 6.54. The fourth-order valence-electron chi connectivity index (χ4n) is 3.78. The summed E-state index contributed by atoms with van der Waals surface area (Å²) in [6.07, 6.45) is 0.603. The zero-order valence-corrected chi connectivity index (χ0v) is 18.5. The maximum atomic E-state index is 14.0. The van der Waals surface area contributed by atoms with Gasteiger partial charge < -0.3 is 4.74 Å². The monoisotopic (exact) mass is 464 g/mol. The van der Waals surface area contributed by atoms with Crippen LogP contribution in [0.3, 0.4) is 0 Å². The smallest absolute Gasteiger partial charge is 0.314 e. The second-order valence-electron chi connectivity index (χ2n) is 7.74. The zero-order valence-electron chi connectivity index (χ0n) is 17.6. The number of nitriles is 1. The van der Waals surface area contributed by atoms with Crippen LogP contribution in [0.1, 0.15) is 18.4 Å². The molecule has 0 saturated carbocycles. The van der Waals surface area contributed by atoms with Gasteiger partial charge in [-0.05, 0) is 60.4 Å². The third-order valence-electron chi connectivity index (χ3n) is 5.66. The Labute approximate surface area is 191 Å². The van der Waals surface area contributed by atoms with E-state index in [0.717, 1.165) is 17.2 Å². The van der Waals surface area contributed by atoms with Crippen molar-refractivity contribution in [3.8, 4) is 22.9 Å². The predicted molar refractivity (Wildman–Crippen MR) is 120 cm³/mol. The normalized spacial score (nSPS) is 15.0. The van der Waals surface area contributed by atoms with E-state index in [9.17, 15) is 17.6 Å². The van der Waals surface area contributed by atoms with Crippen LogP contribution in [-0.2, 0) is 14.8 Å². The average Bonchev–Trinajstić information content (AvgIpc) is 2.85. The molecule has 8 heteroatoms. The molecule has 0 aliphatic carbocycles. The summed E-state index contributed by atoms with van der Waals surface area (Å²) in [6, 6.07) is 21.6. The highest BCUT2D eigenvalue weighted by Crippen LogP contribution is 2.27. The first-order valence-electron chi connectivity index (χ1n) is 10.5. The van der Waals surface area contributed by atoms with E-state index in [1.807, 2.05) is 24.3 Å². The van der Waals surface area contributed by atoms with E-state index in [1.165, 1.54) is 22.5 Å². The van der Waals surface area contributed by atoms with E-state index in [4.69, 9.17) is 10.00 Å². The second-order valence-corrected chi connectivity index (χ2v) is 9.65. The summed E-state index contributed by atoms with van der Waals surface area (Å²) in [7, 11) is -3.95.